The summed E-state index contributed by atoms with van der Waals surface area (Å²) >= 11 is 0. The Morgan fingerprint density at radius 2 is 1.71 bits per heavy atom. The van der Waals surface area contributed by atoms with E-state index in [1.54, 1.807) is 11.1 Å². The maximum absolute atomic E-state index is 2.35. The van der Waals surface area contributed by atoms with Gasteiger partial charge in [0.15, 0.2) is 0 Å². The van der Waals surface area contributed by atoms with E-state index in [2.05, 4.69) is 61.6 Å². The third-order valence-corrected chi connectivity index (χ3v) is 4.06. The number of rotatable bonds is 0. The molecule has 0 saturated heterocycles. The zero-order chi connectivity index (χ0) is 11.4. The first-order chi connectivity index (χ1) is 8.36. The zero-order valence-corrected chi connectivity index (χ0v) is 9.85. The second-order valence-corrected chi connectivity index (χ2v) is 5.04. The van der Waals surface area contributed by atoms with Crippen LogP contribution in [0.3, 0.4) is 0 Å². The molecule has 2 atom stereocenters. The average molecular weight is 218 g/mol. The topological polar surface area (TPSA) is 0 Å². The highest BCUT2D eigenvalue weighted by Gasteiger charge is 2.33. The van der Waals surface area contributed by atoms with Crippen LogP contribution in [0.2, 0.25) is 0 Å². The first-order valence-electron chi connectivity index (χ1n) is 6.27. The second-order valence-electron chi connectivity index (χ2n) is 5.04. The molecule has 0 fully saturated rings. The van der Waals surface area contributed by atoms with Gasteiger partial charge in [-0.25, -0.2) is 0 Å². The van der Waals surface area contributed by atoms with Crippen LogP contribution in [0.5, 0.6) is 0 Å². The highest BCUT2D eigenvalue weighted by atomic mass is 14.4. The Balaban J connectivity index is 2.07. The van der Waals surface area contributed by atoms with Gasteiger partial charge in [0.1, 0.15) is 0 Å². The molecule has 0 bridgehead atoms. The van der Waals surface area contributed by atoms with Crippen molar-refractivity contribution in [3.8, 4) is 0 Å². The van der Waals surface area contributed by atoms with Crippen LogP contribution in [-0.2, 0) is 0 Å². The predicted octanol–water partition coefficient (Wildman–Crippen LogP) is 4.23. The Morgan fingerprint density at radius 1 is 0.882 bits per heavy atom. The summed E-state index contributed by atoms with van der Waals surface area (Å²) in [7, 11) is 0. The van der Waals surface area contributed by atoms with Crippen LogP contribution in [0, 0.1) is 11.8 Å². The molecular formula is C17H14. The predicted molar refractivity (Wildman–Crippen MR) is 72.3 cm³/mol. The smallest absolute Gasteiger partial charge is 0.0211 e. The van der Waals surface area contributed by atoms with Crippen molar-refractivity contribution in [2.75, 3.05) is 0 Å². The summed E-state index contributed by atoms with van der Waals surface area (Å²) in [5.74, 6) is 1.04. The van der Waals surface area contributed by atoms with Crippen molar-refractivity contribution in [1.82, 2.24) is 0 Å². The van der Waals surface area contributed by atoms with Gasteiger partial charge in [0.2, 0.25) is 0 Å². The van der Waals surface area contributed by atoms with E-state index < -0.39 is 0 Å². The lowest BCUT2D eigenvalue weighted by Crippen LogP contribution is -2.09. The van der Waals surface area contributed by atoms with Gasteiger partial charge >= 0.3 is 0 Å². The fourth-order valence-electron chi connectivity index (χ4n) is 3.33. The summed E-state index contributed by atoms with van der Waals surface area (Å²) in [6.45, 7) is 2.30. The van der Waals surface area contributed by atoms with E-state index in [0.717, 1.165) is 0 Å². The Hall–Kier alpha value is -1.82. The molecule has 0 heterocycles. The van der Waals surface area contributed by atoms with Gasteiger partial charge in [0.05, 0.1) is 0 Å². The van der Waals surface area contributed by atoms with Crippen molar-refractivity contribution in [1.29, 1.82) is 0 Å². The van der Waals surface area contributed by atoms with Crippen molar-refractivity contribution in [2.24, 2.45) is 11.8 Å². The molecule has 3 aliphatic carbocycles. The molecule has 0 amide bonds. The van der Waals surface area contributed by atoms with E-state index in [1.165, 1.54) is 16.7 Å². The molecule has 0 heteroatoms. The van der Waals surface area contributed by atoms with Gasteiger partial charge in [-0.05, 0) is 33.8 Å². The van der Waals surface area contributed by atoms with Crippen LogP contribution in [0.25, 0.3) is 11.1 Å². The van der Waals surface area contributed by atoms with Crippen molar-refractivity contribution >= 4 is 11.1 Å². The maximum atomic E-state index is 2.35. The standard InChI is InChI=1S/C17H14/c1-11-9-10-12-5-4-8-15-13-6-2-3-7-14(13)16(11)17(12)15/h2-12H,1H3. The molecular weight excluding hydrogens is 204 g/mol. The largest absolute Gasteiger partial charge is 0.0803 e. The molecule has 0 nitrogen and oxygen atoms in total. The van der Waals surface area contributed by atoms with Gasteiger partial charge in [0, 0.05) is 5.92 Å². The van der Waals surface area contributed by atoms with E-state index >= 15 is 0 Å². The summed E-state index contributed by atoms with van der Waals surface area (Å²) in [6, 6.07) is 8.81. The maximum Gasteiger partial charge on any atom is 0.0211 e. The quantitative estimate of drug-likeness (QED) is 0.572. The van der Waals surface area contributed by atoms with Crippen molar-refractivity contribution in [3.63, 3.8) is 0 Å². The Bertz CT molecular complexity index is 623. The molecule has 0 radical (unpaired) electrons. The molecule has 0 aromatic heterocycles. The molecule has 82 valence electrons. The van der Waals surface area contributed by atoms with Gasteiger partial charge in [-0.3, -0.25) is 0 Å². The molecule has 0 aliphatic heterocycles. The van der Waals surface area contributed by atoms with Gasteiger partial charge in [-0.2, -0.15) is 0 Å². The van der Waals surface area contributed by atoms with E-state index in [-0.39, 0.29) is 0 Å². The van der Waals surface area contributed by atoms with Crippen molar-refractivity contribution < 1.29 is 0 Å². The third kappa shape index (κ3) is 1.08. The molecule has 2 unspecified atom stereocenters. The molecule has 0 N–H and O–H groups in total. The summed E-state index contributed by atoms with van der Waals surface area (Å²) in [5, 5.41) is 0. The minimum absolute atomic E-state index is 0.494. The fraction of sp³-hybridized carbons (Fsp3) is 0.176. The van der Waals surface area contributed by atoms with Crippen LogP contribution in [0.15, 0.2) is 60.2 Å². The van der Waals surface area contributed by atoms with Gasteiger partial charge in [-0.1, -0.05) is 61.6 Å². The van der Waals surface area contributed by atoms with Crippen LogP contribution in [0.4, 0.5) is 0 Å². The summed E-state index contributed by atoms with van der Waals surface area (Å²) in [4.78, 5) is 0. The zero-order valence-electron chi connectivity index (χ0n) is 9.85. The minimum Gasteiger partial charge on any atom is -0.0803 e. The van der Waals surface area contributed by atoms with E-state index in [1.807, 2.05) is 0 Å². The fourth-order valence-corrected chi connectivity index (χ4v) is 3.33. The molecule has 17 heavy (non-hydrogen) atoms. The van der Waals surface area contributed by atoms with Crippen LogP contribution >= 0.6 is 0 Å². The van der Waals surface area contributed by atoms with E-state index in [4.69, 9.17) is 0 Å². The summed E-state index contributed by atoms with van der Waals surface area (Å²) in [5.41, 5.74) is 7.40. The average Bonchev–Trinajstić information content (AvgIpc) is 2.71. The number of allylic oxidation sites excluding steroid dienone is 8. The van der Waals surface area contributed by atoms with Crippen LogP contribution in [0.1, 0.15) is 18.1 Å². The molecule has 3 aliphatic rings. The first kappa shape index (κ1) is 9.23. The Morgan fingerprint density at radius 3 is 2.59 bits per heavy atom. The third-order valence-electron chi connectivity index (χ3n) is 4.06. The molecule has 1 aromatic carbocycles. The van der Waals surface area contributed by atoms with Crippen LogP contribution in [-0.4, -0.2) is 0 Å². The van der Waals surface area contributed by atoms with Crippen molar-refractivity contribution in [2.45, 2.75) is 6.92 Å². The first-order valence-corrected chi connectivity index (χ1v) is 6.27. The lowest BCUT2D eigenvalue weighted by Gasteiger charge is -2.24. The van der Waals surface area contributed by atoms with E-state index in [9.17, 15) is 0 Å². The van der Waals surface area contributed by atoms with Gasteiger partial charge in [0.25, 0.3) is 0 Å². The molecule has 1 aromatic rings. The second kappa shape index (κ2) is 3.10. The monoisotopic (exact) mass is 218 g/mol. The van der Waals surface area contributed by atoms with Crippen molar-refractivity contribution in [3.05, 3.63) is 71.3 Å². The molecule has 0 spiro atoms. The lowest BCUT2D eigenvalue weighted by molar-refractivity contribution is 0.874. The number of hydrogen-bond donors (Lipinski definition) is 0. The molecule has 4 rings (SSSR count). The SMILES string of the molecule is CC1C=CC2C=CC=C3C2=C1c1ccccc13. The number of fused-ring (bicyclic) bond motifs is 3. The van der Waals surface area contributed by atoms with Gasteiger partial charge in [-0.15, -0.1) is 0 Å². The Labute approximate surface area is 102 Å². The highest BCUT2D eigenvalue weighted by Crippen LogP contribution is 2.51. The Kier molecular flexibility index (Phi) is 1.69. The molecule has 0 saturated carbocycles. The normalized spacial score (nSPS) is 27.9. The summed E-state index contributed by atoms with van der Waals surface area (Å²) in [6.07, 6.45) is 11.5. The highest BCUT2D eigenvalue weighted by molar-refractivity contribution is 6.03. The van der Waals surface area contributed by atoms with Gasteiger partial charge < -0.3 is 0 Å². The minimum atomic E-state index is 0.494. The van der Waals surface area contributed by atoms with E-state index in [0.29, 0.717) is 11.8 Å². The lowest BCUT2D eigenvalue weighted by atomic mass is 9.79. The number of hydrogen-bond acceptors (Lipinski definition) is 0. The van der Waals surface area contributed by atoms with Crippen LogP contribution < -0.4 is 0 Å². The summed E-state index contributed by atoms with van der Waals surface area (Å²) < 4.78 is 0. The number of benzene rings is 1.